The number of rotatable bonds is 5. The van der Waals surface area contributed by atoms with Crippen LogP contribution in [-0.2, 0) is 11.8 Å². The number of carbonyl (C=O) groups excluding carboxylic acids is 1. The molecule has 0 aliphatic heterocycles. The number of amides is 2. The highest BCUT2D eigenvalue weighted by molar-refractivity contribution is 5.88. The van der Waals surface area contributed by atoms with Crippen LogP contribution in [-0.4, -0.2) is 38.4 Å². The Hall–Kier alpha value is -2.90. The van der Waals surface area contributed by atoms with Crippen LogP contribution in [0.4, 0.5) is 10.6 Å². The van der Waals surface area contributed by atoms with Crippen molar-refractivity contribution in [2.24, 2.45) is 7.05 Å². The molecule has 2 aromatic rings. The SMILES string of the molecule is Cc1nc(NC(=O)NCCC(=O)O)ccc1-c1cnn(C)c1. The number of urea groups is 1. The van der Waals surface area contributed by atoms with E-state index in [1.807, 2.05) is 26.2 Å². The van der Waals surface area contributed by atoms with Gasteiger partial charge in [0.05, 0.1) is 12.6 Å². The molecule has 0 aliphatic rings. The molecular weight excluding hydrogens is 286 g/mol. The number of carbonyl (C=O) groups is 2. The van der Waals surface area contributed by atoms with Gasteiger partial charge in [-0.25, -0.2) is 9.78 Å². The van der Waals surface area contributed by atoms with E-state index >= 15 is 0 Å². The van der Waals surface area contributed by atoms with E-state index in [9.17, 15) is 9.59 Å². The highest BCUT2D eigenvalue weighted by Crippen LogP contribution is 2.22. The summed E-state index contributed by atoms with van der Waals surface area (Å²) in [5.41, 5.74) is 2.64. The number of aromatic nitrogens is 3. The van der Waals surface area contributed by atoms with Crippen molar-refractivity contribution in [2.75, 3.05) is 11.9 Å². The lowest BCUT2D eigenvalue weighted by Gasteiger charge is -2.08. The molecule has 0 fully saturated rings. The fraction of sp³-hybridized carbons (Fsp3) is 0.286. The van der Waals surface area contributed by atoms with E-state index in [0.717, 1.165) is 16.8 Å². The standard InChI is InChI=1S/C14H17N5O3/c1-9-11(10-7-16-19(2)8-10)3-4-12(17-9)18-14(22)15-6-5-13(20)21/h3-4,7-8H,5-6H2,1-2H3,(H,20,21)(H2,15,17,18,22). The highest BCUT2D eigenvalue weighted by Gasteiger charge is 2.08. The smallest absolute Gasteiger partial charge is 0.320 e. The Kier molecular flexibility index (Phi) is 4.72. The van der Waals surface area contributed by atoms with E-state index in [0.29, 0.717) is 5.82 Å². The minimum atomic E-state index is -0.963. The number of hydrogen-bond acceptors (Lipinski definition) is 4. The summed E-state index contributed by atoms with van der Waals surface area (Å²) in [5, 5.41) is 17.6. The van der Waals surface area contributed by atoms with Crippen LogP contribution in [0.15, 0.2) is 24.5 Å². The Morgan fingerprint density at radius 3 is 2.73 bits per heavy atom. The fourth-order valence-corrected chi connectivity index (χ4v) is 1.94. The van der Waals surface area contributed by atoms with Crippen LogP contribution >= 0.6 is 0 Å². The maximum atomic E-state index is 11.6. The topological polar surface area (TPSA) is 109 Å². The number of carboxylic acids is 1. The second-order valence-corrected chi connectivity index (χ2v) is 4.76. The minimum absolute atomic E-state index is 0.0634. The quantitative estimate of drug-likeness (QED) is 0.773. The second-order valence-electron chi connectivity index (χ2n) is 4.76. The third kappa shape index (κ3) is 4.05. The molecule has 0 atom stereocenters. The Morgan fingerprint density at radius 2 is 2.14 bits per heavy atom. The van der Waals surface area contributed by atoms with E-state index in [4.69, 9.17) is 5.11 Å². The van der Waals surface area contributed by atoms with Crippen molar-refractivity contribution in [1.82, 2.24) is 20.1 Å². The van der Waals surface area contributed by atoms with E-state index in [1.165, 1.54) is 0 Å². The first-order chi connectivity index (χ1) is 10.5. The molecule has 0 spiro atoms. The number of aliphatic carboxylic acids is 1. The number of nitrogens with one attached hydrogen (secondary N) is 2. The summed E-state index contributed by atoms with van der Waals surface area (Å²) in [5.74, 6) is -0.562. The molecule has 3 N–H and O–H groups in total. The average molecular weight is 303 g/mol. The molecule has 0 bridgehead atoms. The Balaban J connectivity index is 2.00. The first-order valence-corrected chi connectivity index (χ1v) is 6.69. The fourth-order valence-electron chi connectivity index (χ4n) is 1.94. The van der Waals surface area contributed by atoms with Crippen molar-refractivity contribution in [1.29, 1.82) is 0 Å². The predicted octanol–water partition coefficient (Wildman–Crippen LogP) is 1.39. The van der Waals surface area contributed by atoms with E-state index in [2.05, 4.69) is 20.7 Å². The molecule has 0 saturated heterocycles. The van der Waals surface area contributed by atoms with Gasteiger partial charge in [-0.3, -0.25) is 14.8 Å². The first-order valence-electron chi connectivity index (χ1n) is 6.69. The number of hydrogen-bond donors (Lipinski definition) is 3. The van der Waals surface area contributed by atoms with Crippen molar-refractivity contribution in [2.45, 2.75) is 13.3 Å². The molecular formula is C14H17N5O3. The van der Waals surface area contributed by atoms with Gasteiger partial charge in [0.15, 0.2) is 0 Å². The molecule has 0 aliphatic carbocycles. The zero-order valence-electron chi connectivity index (χ0n) is 12.3. The lowest BCUT2D eigenvalue weighted by molar-refractivity contribution is -0.136. The Morgan fingerprint density at radius 1 is 1.36 bits per heavy atom. The zero-order chi connectivity index (χ0) is 16.1. The summed E-state index contributed by atoms with van der Waals surface area (Å²) in [6.45, 7) is 1.91. The van der Waals surface area contributed by atoms with Crippen molar-refractivity contribution >= 4 is 17.8 Å². The second kappa shape index (κ2) is 6.70. The molecule has 2 heterocycles. The van der Waals surface area contributed by atoms with E-state index in [-0.39, 0.29) is 13.0 Å². The summed E-state index contributed by atoms with van der Waals surface area (Å²) in [4.78, 5) is 26.3. The number of aryl methyl sites for hydroxylation is 2. The van der Waals surface area contributed by atoms with Crippen molar-refractivity contribution in [3.05, 3.63) is 30.2 Å². The summed E-state index contributed by atoms with van der Waals surface area (Å²) >= 11 is 0. The van der Waals surface area contributed by atoms with Gasteiger partial charge in [0.1, 0.15) is 5.82 Å². The summed E-state index contributed by atoms with van der Waals surface area (Å²) in [7, 11) is 1.84. The van der Waals surface area contributed by atoms with Gasteiger partial charge in [-0.2, -0.15) is 5.10 Å². The van der Waals surface area contributed by atoms with Gasteiger partial charge in [-0.05, 0) is 19.1 Å². The van der Waals surface area contributed by atoms with Gasteiger partial charge < -0.3 is 10.4 Å². The molecule has 22 heavy (non-hydrogen) atoms. The maximum absolute atomic E-state index is 11.6. The number of nitrogens with zero attached hydrogens (tertiary/aromatic N) is 3. The normalized spacial score (nSPS) is 10.3. The molecule has 0 aromatic carbocycles. The Bertz CT molecular complexity index is 696. The van der Waals surface area contributed by atoms with Crippen molar-refractivity contribution in [3.8, 4) is 11.1 Å². The van der Waals surface area contributed by atoms with Crippen LogP contribution in [0.2, 0.25) is 0 Å². The maximum Gasteiger partial charge on any atom is 0.320 e. The minimum Gasteiger partial charge on any atom is -0.481 e. The lowest BCUT2D eigenvalue weighted by Crippen LogP contribution is -2.30. The van der Waals surface area contributed by atoms with Crippen LogP contribution in [0, 0.1) is 6.92 Å². The molecule has 2 amide bonds. The van der Waals surface area contributed by atoms with Gasteiger partial charge in [0.2, 0.25) is 0 Å². The van der Waals surface area contributed by atoms with Crippen LogP contribution in [0.3, 0.4) is 0 Å². The van der Waals surface area contributed by atoms with Gasteiger partial charge >= 0.3 is 12.0 Å². The van der Waals surface area contributed by atoms with Gasteiger partial charge in [-0.15, -0.1) is 0 Å². The van der Waals surface area contributed by atoms with Gasteiger partial charge in [-0.1, -0.05) is 0 Å². The van der Waals surface area contributed by atoms with Crippen LogP contribution in [0.1, 0.15) is 12.1 Å². The summed E-state index contributed by atoms with van der Waals surface area (Å²) in [6, 6.07) is 3.06. The van der Waals surface area contributed by atoms with E-state index < -0.39 is 12.0 Å². The van der Waals surface area contributed by atoms with Gasteiger partial charge in [0, 0.05) is 36.6 Å². The average Bonchev–Trinajstić information content (AvgIpc) is 2.84. The van der Waals surface area contributed by atoms with Crippen LogP contribution in [0.5, 0.6) is 0 Å². The highest BCUT2D eigenvalue weighted by atomic mass is 16.4. The van der Waals surface area contributed by atoms with Crippen LogP contribution in [0.25, 0.3) is 11.1 Å². The third-order valence-corrected chi connectivity index (χ3v) is 2.97. The van der Waals surface area contributed by atoms with Crippen molar-refractivity contribution < 1.29 is 14.7 Å². The monoisotopic (exact) mass is 303 g/mol. The Labute approximate surface area is 127 Å². The largest absolute Gasteiger partial charge is 0.481 e. The number of anilines is 1. The first kappa shape index (κ1) is 15.5. The molecule has 116 valence electrons. The predicted molar refractivity (Wildman–Crippen MR) is 80.5 cm³/mol. The third-order valence-electron chi connectivity index (χ3n) is 2.97. The van der Waals surface area contributed by atoms with Crippen molar-refractivity contribution in [3.63, 3.8) is 0 Å². The molecule has 8 nitrogen and oxygen atoms in total. The molecule has 0 saturated carbocycles. The summed E-state index contributed by atoms with van der Waals surface area (Å²) in [6.07, 6.45) is 3.51. The van der Waals surface area contributed by atoms with E-state index in [1.54, 1.807) is 16.9 Å². The number of pyridine rings is 1. The molecule has 0 unspecified atom stereocenters. The molecule has 2 aromatic heterocycles. The van der Waals surface area contributed by atoms with Gasteiger partial charge in [0.25, 0.3) is 0 Å². The lowest BCUT2D eigenvalue weighted by atomic mass is 10.1. The van der Waals surface area contributed by atoms with Crippen LogP contribution < -0.4 is 10.6 Å². The zero-order valence-corrected chi connectivity index (χ0v) is 12.3. The molecule has 2 rings (SSSR count). The summed E-state index contributed by atoms with van der Waals surface area (Å²) < 4.78 is 1.71. The molecule has 8 heteroatoms. The molecule has 0 radical (unpaired) electrons. The number of carboxylic acid groups (broad SMARTS) is 1.